The van der Waals surface area contributed by atoms with Gasteiger partial charge in [0.15, 0.2) is 0 Å². The molecule has 0 aliphatic carbocycles. The van der Waals surface area contributed by atoms with Crippen molar-refractivity contribution in [3.63, 3.8) is 0 Å². The summed E-state index contributed by atoms with van der Waals surface area (Å²) in [5.41, 5.74) is 1.65. The molecule has 0 fully saturated rings. The van der Waals surface area contributed by atoms with Gasteiger partial charge in [0.05, 0.1) is 0 Å². The number of benzene rings is 1. The van der Waals surface area contributed by atoms with Crippen molar-refractivity contribution >= 4 is 5.95 Å². The van der Waals surface area contributed by atoms with Crippen LogP contribution in [-0.4, -0.2) is 16.5 Å². The van der Waals surface area contributed by atoms with Crippen LogP contribution < -0.4 is 10.1 Å². The highest BCUT2D eigenvalue weighted by Crippen LogP contribution is 2.27. The van der Waals surface area contributed by atoms with Crippen molar-refractivity contribution in [3.8, 4) is 11.6 Å². The maximum Gasteiger partial charge on any atom is 0.226 e. The van der Waals surface area contributed by atoms with Crippen LogP contribution in [0.15, 0.2) is 24.4 Å². The summed E-state index contributed by atoms with van der Waals surface area (Å²) in [5.74, 6) is 1.06. The van der Waals surface area contributed by atoms with E-state index in [9.17, 15) is 4.39 Å². The van der Waals surface area contributed by atoms with Gasteiger partial charge >= 0.3 is 0 Å². The molecular formula is C14H16FN3O. The van der Waals surface area contributed by atoms with Gasteiger partial charge < -0.3 is 10.1 Å². The zero-order chi connectivity index (χ0) is 13.8. The van der Waals surface area contributed by atoms with Gasteiger partial charge in [0, 0.05) is 24.4 Å². The fourth-order valence-corrected chi connectivity index (χ4v) is 1.56. The van der Waals surface area contributed by atoms with Crippen LogP contribution in [0.3, 0.4) is 0 Å². The van der Waals surface area contributed by atoms with Crippen LogP contribution in [0, 0.1) is 19.7 Å². The van der Waals surface area contributed by atoms with Crippen molar-refractivity contribution in [2.45, 2.75) is 20.8 Å². The van der Waals surface area contributed by atoms with Crippen LogP contribution in [0.1, 0.15) is 18.1 Å². The molecule has 19 heavy (non-hydrogen) atoms. The van der Waals surface area contributed by atoms with Gasteiger partial charge in [-0.3, -0.25) is 0 Å². The lowest BCUT2D eigenvalue weighted by molar-refractivity contribution is 0.450. The first-order valence-corrected chi connectivity index (χ1v) is 6.11. The molecule has 0 unspecified atom stereocenters. The number of halogens is 1. The molecule has 2 rings (SSSR count). The Kier molecular flexibility index (Phi) is 3.94. The second-order valence-corrected chi connectivity index (χ2v) is 4.22. The van der Waals surface area contributed by atoms with Crippen LogP contribution in [-0.2, 0) is 0 Å². The van der Waals surface area contributed by atoms with Crippen molar-refractivity contribution in [1.29, 1.82) is 0 Å². The highest BCUT2D eigenvalue weighted by Gasteiger charge is 2.08. The fraction of sp³-hybridized carbons (Fsp3) is 0.286. The third kappa shape index (κ3) is 3.19. The summed E-state index contributed by atoms with van der Waals surface area (Å²) < 4.78 is 18.9. The van der Waals surface area contributed by atoms with Gasteiger partial charge in [-0.25, -0.2) is 9.37 Å². The average Bonchev–Trinajstić information content (AvgIpc) is 2.38. The summed E-state index contributed by atoms with van der Waals surface area (Å²) in [6, 6.07) is 4.43. The summed E-state index contributed by atoms with van der Waals surface area (Å²) in [5, 5.41) is 3.01. The predicted molar refractivity (Wildman–Crippen MR) is 72.1 cm³/mol. The standard InChI is InChI=1S/C14H16FN3O/c1-4-16-14-17-8-10(3)13(18-14)19-12-7-11(15)6-5-9(12)2/h5-8H,4H2,1-3H3,(H,16,17,18). The van der Waals surface area contributed by atoms with Crippen LogP contribution in [0.4, 0.5) is 10.3 Å². The largest absolute Gasteiger partial charge is 0.438 e. The van der Waals surface area contributed by atoms with Crippen LogP contribution >= 0.6 is 0 Å². The van der Waals surface area contributed by atoms with E-state index in [0.717, 1.165) is 17.7 Å². The Labute approximate surface area is 111 Å². The molecule has 0 amide bonds. The molecule has 5 heteroatoms. The zero-order valence-electron chi connectivity index (χ0n) is 11.2. The molecule has 0 spiro atoms. The minimum atomic E-state index is -0.334. The lowest BCUT2D eigenvalue weighted by Crippen LogP contribution is -2.04. The number of nitrogens with zero attached hydrogens (tertiary/aromatic N) is 2. The number of ether oxygens (including phenoxy) is 1. The van der Waals surface area contributed by atoms with E-state index in [2.05, 4.69) is 15.3 Å². The van der Waals surface area contributed by atoms with E-state index in [0.29, 0.717) is 17.6 Å². The van der Waals surface area contributed by atoms with Crippen molar-refractivity contribution in [1.82, 2.24) is 9.97 Å². The maximum atomic E-state index is 13.2. The Bertz CT molecular complexity index is 587. The highest BCUT2D eigenvalue weighted by atomic mass is 19.1. The van der Waals surface area contributed by atoms with Gasteiger partial charge in [-0.05, 0) is 32.4 Å². The Balaban J connectivity index is 2.31. The first-order chi connectivity index (χ1) is 9.10. The first-order valence-electron chi connectivity index (χ1n) is 6.11. The van der Waals surface area contributed by atoms with Crippen molar-refractivity contribution in [2.24, 2.45) is 0 Å². The van der Waals surface area contributed by atoms with Crippen molar-refractivity contribution in [3.05, 3.63) is 41.3 Å². The van der Waals surface area contributed by atoms with Gasteiger partial charge in [-0.15, -0.1) is 0 Å². The monoisotopic (exact) mass is 261 g/mol. The quantitative estimate of drug-likeness (QED) is 0.915. The van der Waals surface area contributed by atoms with E-state index in [1.165, 1.54) is 12.1 Å². The number of hydrogen-bond donors (Lipinski definition) is 1. The molecule has 100 valence electrons. The van der Waals surface area contributed by atoms with Crippen molar-refractivity contribution < 1.29 is 9.13 Å². The molecule has 0 saturated carbocycles. The molecule has 0 atom stereocenters. The second kappa shape index (κ2) is 5.65. The molecule has 1 heterocycles. The van der Waals surface area contributed by atoms with Gasteiger partial charge in [0.1, 0.15) is 11.6 Å². The summed E-state index contributed by atoms with van der Waals surface area (Å²) >= 11 is 0. The predicted octanol–water partition coefficient (Wildman–Crippen LogP) is 3.46. The Morgan fingerprint density at radius 3 is 2.79 bits per heavy atom. The molecule has 1 aromatic heterocycles. The summed E-state index contributed by atoms with van der Waals surface area (Å²) in [6.07, 6.45) is 1.68. The minimum absolute atomic E-state index is 0.334. The number of aromatic nitrogens is 2. The van der Waals surface area contributed by atoms with E-state index >= 15 is 0 Å². The van der Waals surface area contributed by atoms with Crippen LogP contribution in [0.2, 0.25) is 0 Å². The fourth-order valence-electron chi connectivity index (χ4n) is 1.56. The molecular weight excluding hydrogens is 245 g/mol. The molecule has 0 aliphatic rings. The average molecular weight is 261 g/mol. The molecule has 0 bridgehead atoms. The highest BCUT2D eigenvalue weighted by molar-refractivity contribution is 5.39. The molecule has 1 N–H and O–H groups in total. The van der Waals surface area contributed by atoms with Crippen LogP contribution in [0.25, 0.3) is 0 Å². The summed E-state index contributed by atoms with van der Waals surface area (Å²) in [4.78, 5) is 8.40. The Morgan fingerprint density at radius 1 is 1.26 bits per heavy atom. The molecule has 0 saturated heterocycles. The van der Waals surface area contributed by atoms with Gasteiger partial charge in [0.25, 0.3) is 0 Å². The van der Waals surface area contributed by atoms with Gasteiger partial charge in [-0.2, -0.15) is 4.98 Å². The van der Waals surface area contributed by atoms with E-state index in [-0.39, 0.29) is 5.82 Å². The van der Waals surface area contributed by atoms with Crippen molar-refractivity contribution in [2.75, 3.05) is 11.9 Å². The topological polar surface area (TPSA) is 47.0 Å². The van der Waals surface area contributed by atoms with Gasteiger partial charge in [-0.1, -0.05) is 6.07 Å². The Morgan fingerprint density at radius 2 is 2.05 bits per heavy atom. The summed E-state index contributed by atoms with van der Waals surface area (Å²) in [7, 11) is 0. The maximum absolute atomic E-state index is 13.2. The molecule has 0 radical (unpaired) electrons. The first kappa shape index (κ1) is 13.3. The molecule has 4 nitrogen and oxygen atoms in total. The normalized spacial score (nSPS) is 10.3. The number of hydrogen-bond acceptors (Lipinski definition) is 4. The third-order valence-corrected chi connectivity index (χ3v) is 2.62. The van der Waals surface area contributed by atoms with E-state index in [4.69, 9.17) is 4.74 Å². The SMILES string of the molecule is CCNc1ncc(C)c(Oc2cc(F)ccc2C)n1. The van der Waals surface area contributed by atoms with Gasteiger partial charge in [0.2, 0.25) is 11.8 Å². The minimum Gasteiger partial charge on any atom is -0.438 e. The molecule has 2 aromatic rings. The van der Waals surface area contributed by atoms with E-state index in [1.54, 1.807) is 12.3 Å². The number of anilines is 1. The Hall–Kier alpha value is -2.17. The third-order valence-electron chi connectivity index (χ3n) is 2.62. The van der Waals surface area contributed by atoms with E-state index < -0.39 is 0 Å². The number of nitrogens with one attached hydrogen (secondary N) is 1. The number of rotatable bonds is 4. The molecule has 0 aliphatic heterocycles. The molecule has 1 aromatic carbocycles. The van der Waals surface area contributed by atoms with Crippen LogP contribution in [0.5, 0.6) is 11.6 Å². The lowest BCUT2D eigenvalue weighted by Gasteiger charge is -2.11. The zero-order valence-corrected chi connectivity index (χ0v) is 11.2. The number of aryl methyl sites for hydroxylation is 2. The second-order valence-electron chi connectivity index (χ2n) is 4.22. The summed E-state index contributed by atoms with van der Waals surface area (Å²) in [6.45, 7) is 6.39. The van der Waals surface area contributed by atoms with E-state index in [1.807, 2.05) is 20.8 Å². The lowest BCUT2D eigenvalue weighted by atomic mass is 10.2. The smallest absolute Gasteiger partial charge is 0.226 e.